The van der Waals surface area contributed by atoms with E-state index in [0.717, 1.165) is 18.7 Å². The van der Waals surface area contributed by atoms with Gasteiger partial charge in [0.25, 0.3) is 11.5 Å². The topological polar surface area (TPSA) is 71.3 Å². The number of likely N-dealkylation sites (N-methyl/N-ethyl adjacent to an activating group) is 1. The van der Waals surface area contributed by atoms with Gasteiger partial charge in [-0.3, -0.25) is 14.2 Å². The van der Waals surface area contributed by atoms with Crippen LogP contribution in [0.3, 0.4) is 0 Å². The van der Waals surface area contributed by atoms with Crippen molar-refractivity contribution in [3.63, 3.8) is 0 Å². The van der Waals surface area contributed by atoms with Gasteiger partial charge in [-0.1, -0.05) is 37.1 Å². The third kappa shape index (κ3) is 6.03. The molecule has 1 heterocycles. The Hall–Kier alpha value is -2.48. The van der Waals surface area contributed by atoms with Crippen LogP contribution in [0.5, 0.6) is 0 Å². The molecule has 0 fully saturated rings. The first kappa shape index (κ1) is 23.2. The van der Waals surface area contributed by atoms with Gasteiger partial charge in [-0.25, -0.2) is 0 Å². The van der Waals surface area contributed by atoms with E-state index in [1.807, 2.05) is 12.1 Å². The van der Waals surface area contributed by atoms with Gasteiger partial charge in [-0.2, -0.15) is 0 Å². The molecule has 0 saturated heterocycles. The van der Waals surface area contributed by atoms with Crippen molar-refractivity contribution >= 4 is 40.6 Å². The second-order valence-electron chi connectivity index (χ2n) is 7.77. The first-order chi connectivity index (χ1) is 14.9. The minimum Gasteiger partial charge on any atom is -0.346 e. The van der Waals surface area contributed by atoms with Crippen LogP contribution in [0.2, 0.25) is 5.02 Å². The molecule has 2 aromatic carbocycles. The van der Waals surface area contributed by atoms with Crippen molar-refractivity contribution < 1.29 is 9.69 Å². The maximum atomic E-state index is 13.0. The van der Waals surface area contributed by atoms with Crippen LogP contribution in [-0.4, -0.2) is 42.1 Å². The number of carbonyl (C=O) groups excluding carboxylic acids is 1. The van der Waals surface area contributed by atoms with Crippen molar-refractivity contribution in [3.05, 3.63) is 73.7 Å². The summed E-state index contributed by atoms with van der Waals surface area (Å²) < 4.78 is 1.82. The third-order valence-electron chi connectivity index (χ3n) is 5.29. The highest BCUT2D eigenvalue weighted by Gasteiger charge is 2.11. The first-order valence-corrected chi connectivity index (χ1v) is 11.3. The van der Waals surface area contributed by atoms with Gasteiger partial charge in [-0.05, 0) is 54.5 Å². The van der Waals surface area contributed by atoms with E-state index in [1.165, 1.54) is 22.3 Å². The maximum absolute atomic E-state index is 13.0. The number of hydrogen-bond acceptors (Lipinski definition) is 3. The zero-order valence-corrected chi connectivity index (χ0v) is 19.4. The molecule has 0 spiro atoms. The van der Waals surface area contributed by atoms with Crippen LogP contribution in [0, 0.1) is 4.77 Å². The number of halogens is 1. The van der Waals surface area contributed by atoms with E-state index < -0.39 is 0 Å². The minimum absolute atomic E-state index is 0.158. The molecule has 0 saturated carbocycles. The number of hydrogen-bond donors (Lipinski definition) is 3. The summed E-state index contributed by atoms with van der Waals surface area (Å²) >= 11 is 11.3. The summed E-state index contributed by atoms with van der Waals surface area (Å²) in [6.45, 7) is 5.09. The fourth-order valence-corrected chi connectivity index (χ4v) is 3.79. The minimum atomic E-state index is -0.193. The Labute approximate surface area is 191 Å². The van der Waals surface area contributed by atoms with E-state index in [9.17, 15) is 9.59 Å². The van der Waals surface area contributed by atoms with Crippen LogP contribution >= 0.6 is 23.8 Å². The van der Waals surface area contributed by atoms with Crippen LogP contribution < -0.4 is 15.8 Å². The molecule has 164 valence electrons. The zero-order chi connectivity index (χ0) is 22.4. The van der Waals surface area contributed by atoms with E-state index >= 15 is 0 Å². The standard InChI is InChI=1S/C23H27ClN4O2S/c1-3-4-12-27(2)13-11-25-21(29)17-7-10-19-20(14-17)26-23(31)28(22(19)30)15-16-5-8-18(24)9-6-16/h5-10,14H,3-4,11-13,15H2,1-2H3,(H,25,29)(H,26,31)/p+1. The Morgan fingerprint density at radius 2 is 1.94 bits per heavy atom. The fourth-order valence-electron chi connectivity index (χ4n) is 3.41. The number of quaternary nitrogens is 1. The monoisotopic (exact) mass is 459 g/mol. The number of H-pyrrole nitrogens is 1. The highest BCUT2D eigenvalue weighted by Crippen LogP contribution is 2.13. The van der Waals surface area contributed by atoms with Crippen LogP contribution in [0.1, 0.15) is 35.7 Å². The maximum Gasteiger partial charge on any atom is 0.262 e. The molecular formula is C23H28ClN4O2S+. The molecule has 6 nitrogen and oxygen atoms in total. The summed E-state index contributed by atoms with van der Waals surface area (Å²) in [6, 6.07) is 12.3. The number of rotatable bonds is 9. The molecule has 8 heteroatoms. The molecule has 1 amide bonds. The lowest BCUT2D eigenvalue weighted by molar-refractivity contribution is -0.878. The summed E-state index contributed by atoms with van der Waals surface area (Å²) in [5.74, 6) is -0.158. The highest BCUT2D eigenvalue weighted by atomic mass is 35.5. The van der Waals surface area contributed by atoms with Gasteiger partial charge in [-0.15, -0.1) is 0 Å². The Morgan fingerprint density at radius 1 is 1.19 bits per heavy atom. The van der Waals surface area contributed by atoms with Gasteiger partial charge in [0.15, 0.2) is 4.77 Å². The van der Waals surface area contributed by atoms with Crippen molar-refractivity contribution in [1.82, 2.24) is 14.9 Å². The number of nitrogens with one attached hydrogen (secondary N) is 3. The van der Waals surface area contributed by atoms with Gasteiger partial charge in [0.2, 0.25) is 0 Å². The molecule has 31 heavy (non-hydrogen) atoms. The van der Waals surface area contributed by atoms with E-state index in [4.69, 9.17) is 23.8 Å². The second-order valence-corrected chi connectivity index (χ2v) is 8.60. The number of carbonyl (C=O) groups is 1. The number of unbranched alkanes of at least 4 members (excludes halogenated alkanes) is 1. The number of aromatic nitrogens is 2. The molecule has 0 aliphatic carbocycles. The van der Waals surface area contributed by atoms with Crippen molar-refractivity contribution in [2.24, 2.45) is 0 Å². The Balaban J connectivity index is 1.75. The molecule has 3 N–H and O–H groups in total. The molecule has 0 aliphatic rings. The smallest absolute Gasteiger partial charge is 0.262 e. The van der Waals surface area contributed by atoms with Crippen molar-refractivity contribution in [1.29, 1.82) is 0 Å². The molecule has 1 atom stereocenters. The van der Waals surface area contributed by atoms with Crippen LogP contribution in [-0.2, 0) is 6.54 Å². The van der Waals surface area contributed by atoms with Gasteiger partial charge < -0.3 is 15.2 Å². The second kappa shape index (κ2) is 10.7. The lowest BCUT2D eigenvalue weighted by Gasteiger charge is -2.14. The number of fused-ring (bicyclic) bond motifs is 1. The summed E-state index contributed by atoms with van der Waals surface area (Å²) in [6.07, 6.45) is 2.35. The molecular weight excluding hydrogens is 432 g/mol. The third-order valence-corrected chi connectivity index (χ3v) is 5.87. The quantitative estimate of drug-likeness (QED) is 0.431. The molecule has 3 rings (SSSR count). The predicted molar refractivity (Wildman–Crippen MR) is 128 cm³/mol. The van der Waals surface area contributed by atoms with Crippen molar-refractivity contribution in [2.45, 2.75) is 26.3 Å². The molecule has 0 radical (unpaired) electrons. The van der Waals surface area contributed by atoms with E-state index in [0.29, 0.717) is 39.3 Å². The van der Waals surface area contributed by atoms with Crippen LogP contribution in [0.25, 0.3) is 10.9 Å². The molecule has 0 aliphatic heterocycles. The lowest BCUT2D eigenvalue weighted by Crippen LogP contribution is -3.09. The summed E-state index contributed by atoms with van der Waals surface area (Å²) in [4.78, 5) is 30.0. The van der Waals surface area contributed by atoms with Crippen molar-refractivity contribution in [3.8, 4) is 0 Å². The van der Waals surface area contributed by atoms with Crippen LogP contribution in [0.15, 0.2) is 47.3 Å². The average Bonchev–Trinajstić information content (AvgIpc) is 2.76. The van der Waals surface area contributed by atoms with Crippen LogP contribution in [0.4, 0.5) is 0 Å². The molecule has 0 bridgehead atoms. The van der Waals surface area contributed by atoms with Gasteiger partial charge >= 0.3 is 0 Å². The summed E-state index contributed by atoms with van der Waals surface area (Å²) in [5.41, 5.74) is 1.79. The number of nitrogens with zero attached hydrogens (tertiary/aromatic N) is 1. The van der Waals surface area contributed by atoms with Gasteiger partial charge in [0.1, 0.15) is 0 Å². The SMILES string of the molecule is CCCC[NH+](C)CCNC(=O)c1ccc2c(=O)n(Cc3ccc(Cl)cc3)c(=S)[nH]c2c1. The largest absolute Gasteiger partial charge is 0.346 e. The van der Waals surface area contributed by atoms with Crippen molar-refractivity contribution in [2.75, 3.05) is 26.7 Å². The lowest BCUT2D eigenvalue weighted by atomic mass is 10.1. The van der Waals surface area contributed by atoms with E-state index in [2.05, 4.69) is 24.3 Å². The number of aromatic amines is 1. The summed E-state index contributed by atoms with van der Waals surface area (Å²) in [7, 11) is 2.13. The Morgan fingerprint density at radius 3 is 2.65 bits per heavy atom. The highest BCUT2D eigenvalue weighted by molar-refractivity contribution is 7.71. The summed E-state index contributed by atoms with van der Waals surface area (Å²) in [5, 5.41) is 4.08. The average molecular weight is 460 g/mol. The van der Waals surface area contributed by atoms with Gasteiger partial charge in [0, 0.05) is 10.6 Å². The normalized spacial score (nSPS) is 12.1. The number of amides is 1. The fraction of sp³-hybridized carbons (Fsp3) is 0.348. The molecule has 3 aromatic rings. The zero-order valence-electron chi connectivity index (χ0n) is 17.8. The molecule has 1 aromatic heterocycles. The van der Waals surface area contributed by atoms with Gasteiger partial charge in [0.05, 0.1) is 44.1 Å². The van der Waals surface area contributed by atoms with E-state index in [-0.39, 0.29) is 11.5 Å². The molecule has 1 unspecified atom stereocenters. The Bertz CT molecular complexity index is 1170. The Kier molecular flexibility index (Phi) is 8.01. The predicted octanol–water partition coefficient (Wildman–Crippen LogP) is 2.81. The van der Waals surface area contributed by atoms with E-state index in [1.54, 1.807) is 30.3 Å². The number of benzene rings is 2. The first-order valence-electron chi connectivity index (χ1n) is 10.5.